The van der Waals surface area contributed by atoms with Gasteiger partial charge in [-0.25, -0.2) is 4.98 Å². The van der Waals surface area contributed by atoms with E-state index >= 15 is 0 Å². The normalized spacial score (nSPS) is 31.2. The third-order valence-corrected chi connectivity index (χ3v) is 5.08. The Labute approximate surface area is 104 Å². The lowest BCUT2D eigenvalue weighted by atomic mass is 10.0. The van der Waals surface area contributed by atoms with Crippen molar-refractivity contribution in [2.24, 2.45) is 11.8 Å². The second-order valence-electron chi connectivity index (χ2n) is 5.16. The first-order valence-electron chi connectivity index (χ1n) is 6.39. The van der Waals surface area contributed by atoms with Gasteiger partial charge in [0.05, 0.1) is 4.88 Å². The molecule has 4 rings (SSSR count). The average Bonchev–Trinajstić information content (AvgIpc) is 2.77. The Bertz CT molecular complexity index is 505. The van der Waals surface area contributed by atoms with Crippen molar-refractivity contribution in [2.75, 3.05) is 0 Å². The number of fused-ring (bicyclic) bond motifs is 1. The lowest BCUT2D eigenvalue weighted by Gasteiger charge is -2.04. The molecule has 2 unspecified atom stereocenters. The third-order valence-electron chi connectivity index (χ3n) is 4.22. The van der Waals surface area contributed by atoms with Crippen LogP contribution in [0.5, 0.6) is 0 Å². The molecule has 2 saturated carbocycles. The Kier molecular flexibility index (Phi) is 2.12. The first-order valence-corrected chi connectivity index (χ1v) is 7.27. The molecule has 2 aromatic rings. The first kappa shape index (κ1) is 9.83. The lowest BCUT2D eigenvalue weighted by Crippen LogP contribution is -1.91. The Balaban J connectivity index is 1.60. The number of aromatic nitrogens is 3. The molecule has 3 nitrogen and oxygen atoms in total. The molecule has 0 aromatic carbocycles. The van der Waals surface area contributed by atoms with E-state index in [1.54, 1.807) is 11.3 Å². The minimum Gasteiger partial charge on any atom is -0.262 e. The van der Waals surface area contributed by atoms with Crippen molar-refractivity contribution in [1.29, 1.82) is 0 Å². The van der Waals surface area contributed by atoms with Gasteiger partial charge in [-0.1, -0.05) is 18.9 Å². The molecular weight excluding hydrogens is 230 g/mol. The molecule has 0 bridgehead atoms. The number of nitrogens with zero attached hydrogens (tertiary/aromatic N) is 2. The van der Waals surface area contributed by atoms with Crippen LogP contribution in [0.3, 0.4) is 0 Å². The van der Waals surface area contributed by atoms with Gasteiger partial charge < -0.3 is 0 Å². The van der Waals surface area contributed by atoms with Gasteiger partial charge in [0, 0.05) is 5.92 Å². The van der Waals surface area contributed by atoms with Crippen LogP contribution in [0.1, 0.15) is 37.4 Å². The van der Waals surface area contributed by atoms with Gasteiger partial charge in [0.15, 0.2) is 5.82 Å². The van der Waals surface area contributed by atoms with Gasteiger partial charge in [0.2, 0.25) is 0 Å². The smallest absolute Gasteiger partial charge is 0.191 e. The minimum absolute atomic E-state index is 0.679. The Morgan fingerprint density at radius 3 is 2.76 bits per heavy atom. The highest BCUT2D eigenvalue weighted by Crippen LogP contribution is 2.60. The van der Waals surface area contributed by atoms with Gasteiger partial charge in [0.1, 0.15) is 5.82 Å². The molecule has 4 heteroatoms. The predicted molar refractivity (Wildman–Crippen MR) is 67.9 cm³/mol. The van der Waals surface area contributed by atoms with Gasteiger partial charge in [-0.15, -0.1) is 11.3 Å². The first-order chi connectivity index (χ1) is 8.43. The van der Waals surface area contributed by atoms with Gasteiger partial charge >= 0.3 is 0 Å². The number of aromatic amines is 1. The van der Waals surface area contributed by atoms with E-state index in [0.717, 1.165) is 28.4 Å². The summed E-state index contributed by atoms with van der Waals surface area (Å²) in [6.07, 6.45) is 5.60. The summed E-state index contributed by atoms with van der Waals surface area (Å²) in [4.78, 5) is 5.85. The highest BCUT2D eigenvalue weighted by atomic mass is 32.1. The summed E-state index contributed by atoms with van der Waals surface area (Å²) in [5, 5.41) is 9.58. The molecule has 0 radical (unpaired) electrons. The van der Waals surface area contributed by atoms with Crippen LogP contribution in [0.2, 0.25) is 0 Å². The molecule has 2 heterocycles. The van der Waals surface area contributed by atoms with Crippen molar-refractivity contribution in [3.05, 3.63) is 23.3 Å². The van der Waals surface area contributed by atoms with Crippen LogP contribution in [0.15, 0.2) is 17.5 Å². The summed E-state index contributed by atoms with van der Waals surface area (Å²) in [7, 11) is 0. The summed E-state index contributed by atoms with van der Waals surface area (Å²) in [5.41, 5.74) is 0. The van der Waals surface area contributed by atoms with Crippen molar-refractivity contribution in [3.63, 3.8) is 0 Å². The zero-order chi connectivity index (χ0) is 11.2. The number of H-pyrrole nitrogens is 1. The van der Waals surface area contributed by atoms with Crippen LogP contribution in [0, 0.1) is 11.8 Å². The second-order valence-corrected chi connectivity index (χ2v) is 6.11. The molecule has 0 aliphatic heterocycles. The SMILES string of the molecule is c1csc(-c2n[nH]c(C3C4CCCCC43)n2)c1. The van der Waals surface area contributed by atoms with E-state index < -0.39 is 0 Å². The van der Waals surface area contributed by atoms with Gasteiger partial charge in [-0.2, -0.15) is 5.10 Å². The number of thiophene rings is 1. The summed E-state index contributed by atoms with van der Waals surface area (Å²) in [6.45, 7) is 0. The van der Waals surface area contributed by atoms with E-state index in [4.69, 9.17) is 0 Å². The molecule has 1 N–H and O–H groups in total. The molecule has 2 atom stereocenters. The van der Waals surface area contributed by atoms with Crippen molar-refractivity contribution < 1.29 is 0 Å². The lowest BCUT2D eigenvalue weighted by molar-refractivity contribution is 0.480. The fraction of sp³-hybridized carbons (Fsp3) is 0.538. The Morgan fingerprint density at radius 1 is 1.24 bits per heavy atom. The van der Waals surface area contributed by atoms with E-state index in [1.807, 2.05) is 6.07 Å². The van der Waals surface area contributed by atoms with E-state index in [1.165, 1.54) is 25.7 Å². The van der Waals surface area contributed by atoms with Crippen molar-refractivity contribution in [2.45, 2.75) is 31.6 Å². The van der Waals surface area contributed by atoms with Gasteiger partial charge in [0.25, 0.3) is 0 Å². The van der Waals surface area contributed by atoms with E-state index in [9.17, 15) is 0 Å². The number of rotatable bonds is 2. The fourth-order valence-corrected chi connectivity index (χ4v) is 3.99. The summed E-state index contributed by atoms with van der Waals surface area (Å²) in [5.74, 6) is 4.48. The quantitative estimate of drug-likeness (QED) is 0.880. The van der Waals surface area contributed by atoms with Gasteiger partial charge in [-0.3, -0.25) is 5.10 Å². The van der Waals surface area contributed by atoms with Crippen LogP contribution < -0.4 is 0 Å². The monoisotopic (exact) mass is 245 g/mol. The molecule has 0 amide bonds. The highest BCUT2D eigenvalue weighted by Gasteiger charge is 2.53. The van der Waals surface area contributed by atoms with Crippen LogP contribution >= 0.6 is 11.3 Å². The predicted octanol–water partition coefficient (Wildman–Crippen LogP) is 3.44. The molecule has 88 valence electrons. The molecule has 0 saturated heterocycles. The standard InChI is InChI=1S/C13H15N3S/c1-2-5-9-8(4-1)11(9)13-14-12(15-16-13)10-6-3-7-17-10/h3,6-9,11H,1-2,4-5H2,(H,14,15,16). The number of nitrogens with one attached hydrogen (secondary N) is 1. The van der Waals surface area contributed by atoms with Crippen LogP contribution in [-0.2, 0) is 0 Å². The third kappa shape index (κ3) is 1.54. The highest BCUT2D eigenvalue weighted by molar-refractivity contribution is 7.13. The largest absolute Gasteiger partial charge is 0.262 e. The Morgan fingerprint density at radius 2 is 2.06 bits per heavy atom. The molecule has 2 fully saturated rings. The fourth-order valence-electron chi connectivity index (χ4n) is 3.34. The van der Waals surface area contributed by atoms with E-state index in [2.05, 4.69) is 26.6 Å². The van der Waals surface area contributed by atoms with Gasteiger partial charge in [-0.05, 0) is 36.1 Å². The van der Waals surface area contributed by atoms with E-state index in [0.29, 0.717) is 5.92 Å². The molecule has 2 aliphatic carbocycles. The zero-order valence-corrected chi connectivity index (χ0v) is 10.4. The Hall–Kier alpha value is -1.16. The van der Waals surface area contributed by atoms with Crippen LogP contribution in [0.25, 0.3) is 10.7 Å². The maximum atomic E-state index is 4.68. The molecule has 17 heavy (non-hydrogen) atoms. The van der Waals surface area contributed by atoms with Crippen LogP contribution in [0.4, 0.5) is 0 Å². The van der Waals surface area contributed by atoms with Crippen LogP contribution in [-0.4, -0.2) is 15.2 Å². The summed E-state index contributed by atoms with van der Waals surface area (Å²) < 4.78 is 0. The number of hydrogen-bond acceptors (Lipinski definition) is 3. The maximum absolute atomic E-state index is 4.68. The zero-order valence-electron chi connectivity index (χ0n) is 9.60. The van der Waals surface area contributed by atoms with Crippen molar-refractivity contribution >= 4 is 11.3 Å². The average molecular weight is 245 g/mol. The topological polar surface area (TPSA) is 41.6 Å². The second kappa shape index (κ2) is 3.67. The maximum Gasteiger partial charge on any atom is 0.191 e. The molecule has 0 spiro atoms. The number of hydrogen-bond donors (Lipinski definition) is 1. The molecular formula is C13H15N3S. The summed E-state index contributed by atoms with van der Waals surface area (Å²) >= 11 is 1.70. The summed E-state index contributed by atoms with van der Waals surface area (Å²) in [6, 6.07) is 4.13. The minimum atomic E-state index is 0.679. The van der Waals surface area contributed by atoms with E-state index in [-0.39, 0.29) is 0 Å². The molecule has 2 aromatic heterocycles. The molecule has 2 aliphatic rings. The van der Waals surface area contributed by atoms with Crippen molar-refractivity contribution in [1.82, 2.24) is 15.2 Å². The van der Waals surface area contributed by atoms with Crippen molar-refractivity contribution in [3.8, 4) is 10.7 Å².